The molecule has 1 radical (unpaired) electrons. The zero-order chi connectivity index (χ0) is 6.95. The number of ether oxygens (including phenoxy) is 1. The lowest BCUT2D eigenvalue weighted by Gasteiger charge is -1.98. The second-order valence-corrected chi connectivity index (χ2v) is 3.72. The van der Waals surface area contributed by atoms with E-state index in [4.69, 9.17) is 14.8 Å². The summed E-state index contributed by atoms with van der Waals surface area (Å²) in [5, 5.41) is 1.06. The van der Waals surface area contributed by atoms with Crippen LogP contribution in [0.25, 0.3) is 0 Å². The smallest absolute Gasteiger partial charge is 0.358 e. The molecule has 0 spiro atoms. The van der Waals surface area contributed by atoms with E-state index in [1.807, 2.05) is 0 Å². The molecule has 0 saturated carbocycles. The summed E-state index contributed by atoms with van der Waals surface area (Å²) in [6.07, 6.45) is 2.39. The van der Waals surface area contributed by atoms with E-state index in [9.17, 15) is 0 Å². The first-order chi connectivity index (χ1) is 4.41. The monoisotopic (exact) mass is 163 g/mol. The van der Waals surface area contributed by atoms with E-state index in [0.717, 1.165) is 18.5 Å². The van der Waals surface area contributed by atoms with Crippen LogP contribution in [-0.2, 0) is 4.74 Å². The van der Waals surface area contributed by atoms with Crippen molar-refractivity contribution < 1.29 is 4.74 Å². The van der Waals surface area contributed by atoms with Crippen LogP contribution in [0.4, 0.5) is 0 Å². The molecule has 0 aliphatic heterocycles. The van der Waals surface area contributed by atoms with Gasteiger partial charge in [0, 0.05) is 13.2 Å². The highest BCUT2D eigenvalue weighted by Gasteiger charge is 1.87. The van der Waals surface area contributed by atoms with Gasteiger partial charge in [0.15, 0.2) is 0 Å². The predicted octanol–water partition coefficient (Wildman–Crippen LogP) is 2.08. The highest BCUT2D eigenvalue weighted by atomic mass is 35.6. The number of hydrogen-bond donors (Lipinski definition) is 0. The van der Waals surface area contributed by atoms with Crippen molar-refractivity contribution in [1.29, 1.82) is 0 Å². The lowest BCUT2D eigenvalue weighted by molar-refractivity contribution is 0.144. The van der Waals surface area contributed by atoms with Gasteiger partial charge >= 0.3 is 14.3 Å². The second kappa shape index (κ2) is 8.78. The molecule has 3 heteroatoms. The Morgan fingerprint density at radius 3 is 2.78 bits per heavy atom. The van der Waals surface area contributed by atoms with Crippen molar-refractivity contribution in [2.45, 2.75) is 25.0 Å². The Hall–Kier alpha value is 0.782. The van der Waals surface area contributed by atoms with Crippen molar-refractivity contribution in [3.63, 3.8) is 0 Å². The van der Waals surface area contributed by atoms with E-state index in [2.05, 4.69) is 6.92 Å². The molecule has 0 aromatic rings. The lowest BCUT2D eigenvalue weighted by Crippen LogP contribution is -1.96. The number of halogens is 1. The molecule has 1 nitrogen and oxygen atoms in total. The van der Waals surface area contributed by atoms with E-state index in [-0.39, 0.29) is 14.3 Å². The minimum Gasteiger partial charge on any atom is -0.383 e. The molecule has 0 amide bonds. The Labute approximate surface area is 67.6 Å². The van der Waals surface area contributed by atoms with Crippen molar-refractivity contribution in [3.05, 3.63) is 0 Å². The van der Waals surface area contributed by atoms with E-state index < -0.39 is 0 Å². The summed E-state index contributed by atoms with van der Waals surface area (Å²) in [7, 11) is 5.52. The van der Waals surface area contributed by atoms with Crippen LogP contribution in [0.2, 0.25) is 5.28 Å². The summed E-state index contributed by atoms with van der Waals surface area (Å²) in [6.45, 7) is 3.93. The van der Waals surface area contributed by atoms with Crippen LogP contribution in [0.5, 0.6) is 0 Å². The molecule has 0 bridgehead atoms. The van der Waals surface area contributed by atoms with Gasteiger partial charge in [-0.25, -0.2) is 0 Å². The average molecular weight is 164 g/mol. The molecule has 0 N–H and O–H groups in total. The number of hydrogen-bond acceptors (Lipinski definition) is 1. The van der Waals surface area contributed by atoms with Crippen molar-refractivity contribution >= 4 is 24.3 Å². The maximum Gasteiger partial charge on any atom is 0.358 e. The van der Waals surface area contributed by atoms with Gasteiger partial charge in [0.05, 0.1) is 0 Å². The summed E-state index contributed by atoms with van der Waals surface area (Å²) in [5.74, 6) is 0. The van der Waals surface area contributed by atoms with Crippen LogP contribution in [-0.4, -0.2) is 27.5 Å². The summed E-state index contributed by atoms with van der Waals surface area (Å²) >= 11 is 0.122. The van der Waals surface area contributed by atoms with Crippen LogP contribution in [0.15, 0.2) is 0 Å². The minimum atomic E-state index is 0.122. The van der Waals surface area contributed by atoms with Crippen LogP contribution < -0.4 is 0 Å². The van der Waals surface area contributed by atoms with E-state index >= 15 is 0 Å². The summed E-state index contributed by atoms with van der Waals surface area (Å²) in [5.41, 5.74) is 0. The fraction of sp³-hybridized carbons (Fsp3) is 1.00. The van der Waals surface area contributed by atoms with Gasteiger partial charge in [-0.15, -0.1) is 0 Å². The molecule has 0 rings (SSSR count). The molecule has 0 aliphatic rings. The molecule has 53 valence electrons. The van der Waals surface area contributed by atoms with Gasteiger partial charge in [0.25, 0.3) is 0 Å². The molecular weight excluding hydrogens is 150 g/mol. The van der Waals surface area contributed by atoms with Gasteiger partial charge in [-0.3, -0.25) is 10.0 Å². The van der Waals surface area contributed by atoms with E-state index in [1.54, 1.807) is 0 Å². The van der Waals surface area contributed by atoms with Gasteiger partial charge in [-0.1, -0.05) is 18.6 Å². The molecule has 0 aliphatic carbocycles. The maximum atomic E-state index is 5.52. The molecule has 0 fully saturated rings. The summed E-state index contributed by atoms with van der Waals surface area (Å²) in [6, 6.07) is 0. The Morgan fingerprint density at radius 1 is 1.44 bits per heavy atom. The van der Waals surface area contributed by atoms with Crippen molar-refractivity contribution in [2.24, 2.45) is 0 Å². The third-order valence-electron chi connectivity index (χ3n) is 1.01. The first-order valence-corrected chi connectivity index (χ1v) is 5.97. The SMILES string of the molecule is CCCCOC[CH2][Al][Cl]. The topological polar surface area (TPSA) is 9.23 Å². The van der Waals surface area contributed by atoms with Crippen LogP contribution in [0.3, 0.4) is 0 Å². The molecular formula is C6H13AlClO. The zero-order valence-corrected chi connectivity index (χ0v) is 7.81. The molecule has 0 atom stereocenters. The quantitative estimate of drug-likeness (QED) is 0.430. The molecule has 0 heterocycles. The van der Waals surface area contributed by atoms with Gasteiger partial charge < -0.3 is 4.74 Å². The highest BCUT2D eigenvalue weighted by molar-refractivity contribution is 6.93. The normalized spacial score (nSPS) is 9.56. The van der Waals surface area contributed by atoms with Crippen molar-refractivity contribution in [1.82, 2.24) is 0 Å². The first kappa shape index (κ1) is 9.78. The molecule has 0 unspecified atom stereocenters. The third-order valence-corrected chi connectivity index (χ3v) is 2.12. The minimum absolute atomic E-state index is 0.122. The highest BCUT2D eigenvalue weighted by Crippen LogP contribution is 1.90. The Morgan fingerprint density at radius 2 is 2.22 bits per heavy atom. The summed E-state index contributed by atoms with van der Waals surface area (Å²) < 4.78 is 5.25. The van der Waals surface area contributed by atoms with Gasteiger partial charge in [-0.2, -0.15) is 0 Å². The number of unbranched alkanes of at least 4 members (excludes halogenated alkanes) is 1. The molecule has 9 heavy (non-hydrogen) atoms. The fourth-order valence-corrected chi connectivity index (χ4v) is 0.999. The maximum absolute atomic E-state index is 5.52. The average Bonchev–Trinajstić information content (AvgIpc) is 1.89. The largest absolute Gasteiger partial charge is 0.383 e. The number of rotatable bonds is 6. The zero-order valence-electron chi connectivity index (χ0n) is 5.90. The lowest BCUT2D eigenvalue weighted by atomic mass is 10.4. The van der Waals surface area contributed by atoms with Crippen molar-refractivity contribution in [3.8, 4) is 0 Å². The standard InChI is InChI=1S/C6H13O.Al.ClH/c1-3-5-6-7-4-2;;/h2-6H2,1H3;;1H/q;+1;/p-1. The van der Waals surface area contributed by atoms with Gasteiger partial charge in [-0.05, 0) is 6.42 Å². The van der Waals surface area contributed by atoms with E-state index in [0.29, 0.717) is 0 Å². The predicted molar refractivity (Wildman–Crippen MR) is 42.1 cm³/mol. The first-order valence-electron chi connectivity index (χ1n) is 3.41. The van der Waals surface area contributed by atoms with Crippen LogP contribution in [0.1, 0.15) is 19.8 Å². The van der Waals surface area contributed by atoms with Crippen LogP contribution >= 0.6 is 10.0 Å². The second-order valence-electron chi connectivity index (χ2n) is 1.91. The summed E-state index contributed by atoms with van der Waals surface area (Å²) in [4.78, 5) is 0. The Bertz CT molecular complexity index is 46.3. The Balaban J connectivity index is 2.60. The van der Waals surface area contributed by atoms with Gasteiger partial charge in [0.2, 0.25) is 0 Å². The van der Waals surface area contributed by atoms with Gasteiger partial charge in [0.1, 0.15) is 0 Å². The molecule has 0 aromatic heterocycles. The molecule has 0 aromatic carbocycles. The van der Waals surface area contributed by atoms with E-state index in [1.165, 1.54) is 12.8 Å². The fourth-order valence-electron chi connectivity index (χ4n) is 0.476. The Kier molecular flexibility index (Phi) is 9.55. The van der Waals surface area contributed by atoms with Crippen LogP contribution in [0, 0.1) is 0 Å². The van der Waals surface area contributed by atoms with Crippen molar-refractivity contribution in [2.75, 3.05) is 13.2 Å². The molecule has 0 saturated heterocycles. The third kappa shape index (κ3) is 8.78.